The Hall–Kier alpha value is -0.120. The summed E-state index contributed by atoms with van der Waals surface area (Å²) in [6.45, 7) is 6.72. The lowest BCUT2D eigenvalue weighted by molar-refractivity contribution is 0.108. The molecule has 1 aliphatic rings. The van der Waals surface area contributed by atoms with Crippen molar-refractivity contribution in [3.63, 3.8) is 0 Å². The van der Waals surface area contributed by atoms with Crippen LogP contribution in [0, 0.1) is 0 Å². The van der Waals surface area contributed by atoms with Crippen molar-refractivity contribution in [1.29, 1.82) is 0 Å². The first-order chi connectivity index (χ1) is 6.43. The van der Waals surface area contributed by atoms with Gasteiger partial charge in [-0.2, -0.15) is 0 Å². The molecule has 78 valence electrons. The molecule has 3 heteroatoms. The molecule has 0 spiro atoms. The first-order valence-corrected chi connectivity index (χ1v) is 5.33. The van der Waals surface area contributed by atoms with Crippen LogP contribution in [0.2, 0.25) is 0 Å². The van der Waals surface area contributed by atoms with Gasteiger partial charge in [-0.25, -0.2) is 0 Å². The summed E-state index contributed by atoms with van der Waals surface area (Å²) in [6, 6.07) is 0. The molecule has 0 aromatic heterocycles. The van der Waals surface area contributed by atoms with E-state index in [1.54, 1.807) is 0 Å². The first kappa shape index (κ1) is 11.0. The molecule has 0 aromatic carbocycles. The van der Waals surface area contributed by atoms with Crippen molar-refractivity contribution in [2.75, 3.05) is 32.9 Å². The molecule has 0 amide bonds. The molecule has 1 N–H and O–H groups in total. The molecule has 1 rings (SSSR count). The zero-order valence-corrected chi connectivity index (χ0v) is 8.55. The van der Waals surface area contributed by atoms with Gasteiger partial charge in [-0.3, -0.25) is 0 Å². The molecule has 1 atom stereocenters. The second kappa shape index (κ2) is 7.30. The average Bonchev–Trinajstić information content (AvgIpc) is 2.63. The Labute approximate surface area is 80.8 Å². The SMILES string of the molecule is CCOCCCNCC1CCCO1. The van der Waals surface area contributed by atoms with Gasteiger partial charge >= 0.3 is 0 Å². The van der Waals surface area contributed by atoms with Crippen LogP contribution in [0.1, 0.15) is 26.2 Å². The summed E-state index contributed by atoms with van der Waals surface area (Å²) in [6.07, 6.45) is 4.01. The number of hydrogen-bond donors (Lipinski definition) is 1. The molecule has 1 fully saturated rings. The predicted molar refractivity (Wildman–Crippen MR) is 53.0 cm³/mol. The summed E-state index contributed by atoms with van der Waals surface area (Å²) < 4.78 is 10.7. The van der Waals surface area contributed by atoms with E-state index < -0.39 is 0 Å². The lowest BCUT2D eigenvalue weighted by atomic mass is 10.2. The van der Waals surface area contributed by atoms with Crippen molar-refractivity contribution in [2.45, 2.75) is 32.3 Å². The van der Waals surface area contributed by atoms with Crippen molar-refractivity contribution in [1.82, 2.24) is 5.32 Å². The first-order valence-electron chi connectivity index (χ1n) is 5.33. The Morgan fingerprint density at radius 2 is 2.46 bits per heavy atom. The van der Waals surface area contributed by atoms with Crippen molar-refractivity contribution >= 4 is 0 Å². The van der Waals surface area contributed by atoms with E-state index in [9.17, 15) is 0 Å². The third-order valence-corrected chi connectivity index (χ3v) is 2.24. The Morgan fingerprint density at radius 1 is 1.54 bits per heavy atom. The molecular formula is C10H21NO2. The molecule has 1 heterocycles. The van der Waals surface area contributed by atoms with Gasteiger partial charge in [-0.1, -0.05) is 0 Å². The molecule has 0 aliphatic carbocycles. The van der Waals surface area contributed by atoms with Crippen LogP contribution in [0.5, 0.6) is 0 Å². The van der Waals surface area contributed by atoms with Crippen LogP contribution in [0.3, 0.4) is 0 Å². The molecule has 0 radical (unpaired) electrons. The smallest absolute Gasteiger partial charge is 0.0700 e. The van der Waals surface area contributed by atoms with E-state index >= 15 is 0 Å². The second-order valence-electron chi connectivity index (χ2n) is 3.39. The van der Waals surface area contributed by atoms with Crippen molar-refractivity contribution in [3.05, 3.63) is 0 Å². The standard InChI is InChI=1S/C10H21NO2/c1-2-12-7-4-6-11-9-10-5-3-8-13-10/h10-11H,2-9H2,1H3. The highest BCUT2D eigenvalue weighted by Crippen LogP contribution is 2.10. The highest BCUT2D eigenvalue weighted by Gasteiger charge is 2.13. The summed E-state index contributed by atoms with van der Waals surface area (Å²) in [5.74, 6) is 0. The van der Waals surface area contributed by atoms with Crippen molar-refractivity contribution in [3.8, 4) is 0 Å². The highest BCUT2D eigenvalue weighted by atomic mass is 16.5. The minimum absolute atomic E-state index is 0.465. The molecule has 0 saturated carbocycles. The van der Waals surface area contributed by atoms with Crippen molar-refractivity contribution < 1.29 is 9.47 Å². The maximum Gasteiger partial charge on any atom is 0.0700 e. The molecule has 0 aromatic rings. The third-order valence-electron chi connectivity index (χ3n) is 2.24. The molecule has 1 aliphatic heterocycles. The predicted octanol–water partition coefficient (Wildman–Crippen LogP) is 1.18. The van der Waals surface area contributed by atoms with Gasteiger partial charge in [0.05, 0.1) is 6.10 Å². The maximum atomic E-state index is 5.49. The van der Waals surface area contributed by atoms with E-state index in [0.717, 1.165) is 39.3 Å². The van der Waals surface area contributed by atoms with Gasteiger partial charge in [-0.15, -0.1) is 0 Å². The van der Waals surface area contributed by atoms with Crippen LogP contribution in [0.15, 0.2) is 0 Å². The van der Waals surface area contributed by atoms with Gasteiger partial charge in [0.15, 0.2) is 0 Å². The topological polar surface area (TPSA) is 30.5 Å². The lowest BCUT2D eigenvalue weighted by Gasteiger charge is -2.10. The number of rotatable bonds is 7. The number of nitrogens with one attached hydrogen (secondary N) is 1. The molecule has 1 unspecified atom stereocenters. The zero-order chi connectivity index (χ0) is 9.36. The van der Waals surface area contributed by atoms with Crippen LogP contribution >= 0.6 is 0 Å². The van der Waals surface area contributed by atoms with E-state index in [1.807, 2.05) is 6.92 Å². The van der Waals surface area contributed by atoms with Gasteiger partial charge in [0.1, 0.15) is 0 Å². The lowest BCUT2D eigenvalue weighted by Crippen LogP contribution is -2.27. The Bertz CT molecular complexity index is 113. The molecule has 0 bridgehead atoms. The van der Waals surface area contributed by atoms with Crippen LogP contribution < -0.4 is 5.32 Å². The van der Waals surface area contributed by atoms with E-state index in [2.05, 4.69) is 5.32 Å². The van der Waals surface area contributed by atoms with Crippen LogP contribution in [0.25, 0.3) is 0 Å². The van der Waals surface area contributed by atoms with Crippen LogP contribution in [0.4, 0.5) is 0 Å². The summed E-state index contributed by atoms with van der Waals surface area (Å²) in [5.41, 5.74) is 0. The molecular weight excluding hydrogens is 166 g/mol. The minimum Gasteiger partial charge on any atom is -0.382 e. The molecule has 13 heavy (non-hydrogen) atoms. The van der Waals surface area contributed by atoms with Gasteiger partial charge in [-0.05, 0) is 32.7 Å². The normalized spacial score (nSPS) is 22.4. The van der Waals surface area contributed by atoms with E-state index in [4.69, 9.17) is 9.47 Å². The van der Waals surface area contributed by atoms with Gasteiger partial charge in [0, 0.05) is 26.4 Å². The highest BCUT2D eigenvalue weighted by molar-refractivity contribution is 4.66. The Kier molecular flexibility index (Phi) is 6.15. The van der Waals surface area contributed by atoms with Crippen molar-refractivity contribution in [2.24, 2.45) is 0 Å². The monoisotopic (exact) mass is 187 g/mol. The summed E-state index contributed by atoms with van der Waals surface area (Å²) >= 11 is 0. The summed E-state index contributed by atoms with van der Waals surface area (Å²) in [4.78, 5) is 0. The Morgan fingerprint density at radius 3 is 3.15 bits per heavy atom. The summed E-state index contributed by atoms with van der Waals surface area (Å²) in [7, 11) is 0. The van der Waals surface area contributed by atoms with E-state index in [0.29, 0.717) is 6.10 Å². The number of hydrogen-bond acceptors (Lipinski definition) is 3. The largest absolute Gasteiger partial charge is 0.382 e. The fourth-order valence-corrected chi connectivity index (χ4v) is 1.51. The molecule has 1 saturated heterocycles. The minimum atomic E-state index is 0.465. The Balaban J connectivity index is 1.78. The quantitative estimate of drug-likeness (QED) is 0.607. The van der Waals surface area contributed by atoms with E-state index in [-0.39, 0.29) is 0 Å². The van der Waals surface area contributed by atoms with Gasteiger partial charge in [0.25, 0.3) is 0 Å². The average molecular weight is 187 g/mol. The fourth-order valence-electron chi connectivity index (χ4n) is 1.51. The van der Waals surface area contributed by atoms with Crippen LogP contribution in [-0.4, -0.2) is 39.0 Å². The molecule has 3 nitrogen and oxygen atoms in total. The van der Waals surface area contributed by atoms with E-state index in [1.165, 1.54) is 12.8 Å². The number of ether oxygens (including phenoxy) is 2. The van der Waals surface area contributed by atoms with Crippen LogP contribution in [-0.2, 0) is 9.47 Å². The van der Waals surface area contributed by atoms with Gasteiger partial charge < -0.3 is 14.8 Å². The summed E-state index contributed by atoms with van der Waals surface area (Å²) in [5, 5.41) is 3.38. The fraction of sp³-hybridized carbons (Fsp3) is 1.00. The third kappa shape index (κ3) is 5.24. The second-order valence-corrected chi connectivity index (χ2v) is 3.39. The van der Waals surface area contributed by atoms with Gasteiger partial charge in [0.2, 0.25) is 0 Å². The maximum absolute atomic E-state index is 5.49. The zero-order valence-electron chi connectivity index (χ0n) is 8.55.